The van der Waals surface area contributed by atoms with Crippen molar-refractivity contribution >= 4 is 174 Å². The number of phenols is 2. The average molecular weight is 1420 g/mol. The van der Waals surface area contributed by atoms with Gasteiger partial charge in [0.1, 0.15) is 86.0 Å². The van der Waals surface area contributed by atoms with E-state index in [1.165, 1.54) is 70.2 Å². The Labute approximate surface area is 553 Å². The van der Waals surface area contributed by atoms with Crippen molar-refractivity contribution in [2.45, 2.75) is 20.8 Å². The first-order chi connectivity index (χ1) is 41.2. The van der Waals surface area contributed by atoms with Crippen molar-refractivity contribution in [1.29, 1.82) is 0 Å². The van der Waals surface area contributed by atoms with Gasteiger partial charge in [-0.15, -0.1) is 0 Å². The van der Waals surface area contributed by atoms with E-state index in [2.05, 4.69) is 15.0 Å². The predicted molar refractivity (Wildman–Crippen MR) is 341 cm³/mol. The average Bonchev–Trinajstić information content (AvgIpc) is 4.25. The molecule has 28 heteroatoms. The second-order valence-electron chi connectivity index (χ2n) is 18.2. The van der Waals surface area contributed by atoms with Crippen LogP contribution in [-0.2, 0) is 4.74 Å². The molecule has 6 heterocycles. The molecule has 0 saturated heterocycles. The highest BCUT2D eigenvalue weighted by Crippen LogP contribution is 2.43. The van der Waals surface area contributed by atoms with E-state index < -0.39 is 17.5 Å². The summed E-state index contributed by atoms with van der Waals surface area (Å²) in [7, 11) is 1.53. The lowest BCUT2D eigenvalue weighted by Gasteiger charge is -2.12. The van der Waals surface area contributed by atoms with Crippen LogP contribution in [0.3, 0.4) is 0 Å². The standard InChI is InChI=1S/C24H16Cl4N2O3.C18H12Cl4N2O4.C17H10Cl4N2O3/c1-12-3-5-14(6-4-12)22(32)19-20(18(26)23(27)29-19)30-17(11-16(25)24(30)28)21(31)13-7-9-15(33-2)10-8-13;1-2-28-18(27)10-7-9(19)17(22)24(10)14-12(20)16(21)23-13(14)15(26)8-5-3-4-6-11(8)25;1-7(24)13-14(12(19)16(20)22-13)23-10(6-9(18)17(23)21)15(26)8-4-2-3-5-11(8)25/h3-11,29H,1-2H3;3-7,23,25H,2H2,1H3;2-6,22,25H,1H3. The number of carbonyl (C=O) groups excluding carboxylic acids is 6. The highest BCUT2D eigenvalue weighted by Gasteiger charge is 2.33. The van der Waals surface area contributed by atoms with Gasteiger partial charge in [0.2, 0.25) is 23.1 Å². The lowest BCUT2D eigenvalue weighted by atomic mass is 10.1. The van der Waals surface area contributed by atoms with E-state index in [1.807, 2.05) is 19.1 Å². The molecule has 16 nitrogen and oxygen atoms in total. The summed E-state index contributed by atoms with van der Waals surface area (Å²) in [6, 6.07) is 29.6. The van der Waals surface area contributed by atoms with E-state index in [0.717, 1.165) is 5.56 Å². The molecule has 0 radical (unpaired) electrons. The third kappa shape index (κ3) is 13.3. The van der Waals surface area contributed by atoms with Crippen LogP contribution in [-0.4, -0.2) is 87.5 Å². The lowest BCUT2D eigenvalue weighted by Crippen LogP contribution is -2.14. The van der Waals surface area contributed by atoms with Gasteiger partial charge in [-0.05, 0) is 80.6 Å². The van der Waals surface area contributed by atoms with Crippen LogP contribution in [0, 0.1) is 6.92 Å². The number of carbonyl (C=O) groups is 6. The Kier molecular flexibility index (Phi) is 21.1. The van der Waals surface area contributed by atoms with Crippen LogP contribution < -0.4 is 4.74 Å². The van der Waals surface area contributed by atoms with Gasteiger partial charge in [0.25, 0.3) is 0 Å². The number of para-hydroxylation sites is 2. The highest BCUT2D eigenvalue weighted by atomic mass is 35.5. The van der Waals surface area contributed by atoms with Gasteiger partial charge < -0.3 is 34.6 Å². The largest absolute Gasteiger partial charge is 0.507 e. The van der Waals surface area contributed by atoms with Crippen molar-refractivity contribution in [3.05, 3.63) is 238 Å². The summed E-state index contributed by atoms with van der Waals surface area (Å²) >= 11 is 74.9. The maximum absolute atomic E-state index is 13.4. The van der Waals surface area contributed by atoms with Crippen LogP contribution in [0.4, 0.5) is 0 Å². The number of aromatic nitrogens is 6. The van der Waals surface area contributed by atoms with E-state index >= 15 is 0 Å². The fraction of sp³-hybridized carbons (Fsp3) is 0.0847. The summed E-state index contributed by atoms with van der Waals surface area (Å²) in [6.07, 6.45) is 0. The second-order valence-corrected chi connectivity index (χ2v) is 22.7. The molecular weight excluding hydrogens is 1380 g/mol. The number of halogens is 12. The second kappa shape index (κ2) is 27.8. The molecule has 0 bridgehead atoms. The van der Waals surface area contributed by atoms with E-state index in [0.29, 0.717) is 16.9 Å². The summed E-state index contributed by atoms with van der Waals surface area (Å²) in [4.78, 5) is 85.1. The van der Waals surface area contributed by atoms with E-state index in [9.17, 15) is 39.0 Å². The van der Waals surface area contributed by atoms with Crippen LogP contribution in [0.1, 0.15) is 105 Å². The number of nitrogens with zero attached hydrogens (tertiary/aromatic N) is 3. The van der Waals surface area contributed by atoms with Crippen molar-refractivity contribution in [1.82, 2.24) is 28.7 Å². The van der Waals surface area contributed by atoms with Crippen molar-refractivity contribution in [3.8, 4) is 34.3 Å². The van der Waals surface area contributed by atoms with Gasteiger partial charge in [0.15, 0.2) is 5.78 Å². The number of Topliss-reactive ketones (excluding diaryl/α,β-unsaturated/α-hetero) is 1. The van der Waals surface area contributed by atoms with E-state index in [4.69, 9.17) is 149 Å². The Morgan fingerprint density at radius 3 is 1.28 bits per heavy atom. The first-order valence-electron chi connectivity index (χ1n) is 24.8. The zero-order chi connectivity index (χ0) is 63.6. The Morgan fingerprint density at radius 1 is 0.471 bits per heavy atom. The highest BCUT2D eigenvalue weighted by molar-refractivity contribution is 6.47. The van der Waals surface area contributed by atoms with Crippen LogP contribution in [0.5, 0.6) is 17.2 Å². The minimum Gasteiger partial charge on any atom is -0.507 e. The Balaban J connectivity index is 0.000000171. The molecule has 10 aromatic rings. The maximum atomic E-state index is 13.4. The molecule has 0 aliphatic rings. The molecule has 0 aliphatic carbocycles. The number of hydrogen-bond donors (Lipinski definition) is 5. The van der Waals surface area contributed by atoms with Crippen LogP contribution in [0.2, 0.25) is 61.1 Å². The van der Waals surface area contributed by atoms with Gasteiger partial charge in [0, 0.05) is 18.1 Å². The third-order valence-corrected chi connectivity index (χ3v) is 17.2. The number of benzene rings is 4. The molecule has 0 amide bonds. The third-order valence-electron chi connectivity index (χ3n) is 12.7. The summed E-state index contributed by atoms with van der Waals surface area (Å²) in [5.74, 6) is -2.84. The molecule has 4 aromatic carbocycles. The number of esters is 1. The number of nitrogens with one attached hydrogen (secondary N) is 3. The number of H-pyrrole nitrogens is 3. The monoisotopic (exact) mass is 1410 g/mol. The normalized spacial score (nSPS) is 10.9. The fourth-order valence-corrected chi connectivity index (χ4v) is 11.1. The van der Waals surface area contributed by atoms with Crippen LogP contribution in [0.25, 0.3) is 17.1 Å². The van der Waals surface area contributed by atoms with Gasteiger partial charge >= 0.3 is 5.97 Å². The molecule has 448 valence electrons. The minimum absolute atomic E-state index is 0.00499. The molecule has 6 aromatic heterocycles. The molecule has 87 heavy (non-hydrogen) atoms. The molecule has 0 unspecified atom stereocenters. The Morgan fingerprint density at radius 2 is 0.839 bits per heavy atom. The van der Waals surface area contributed by atoms with Gasteiger partial charge in [-0.2, -0.15) is 0 Å². The van der Waals surface area contributed by atoms with E-state index in [1.54, 1.807) is 67.6 Å². The number of phenolic OH excluding ortho intramolecular Hbond substituents is 2. The predicted octanol–water partition coefficient (Wildman–Crippen LogP) is 18.3. The van der Waals surface area contributed by atoms with Gasteiger partial charge in [0.05, 0.1) is 68.4 Å². The summed E-state index contributed by atoms with van der Waals surface area (Å²) in [5, 5.41) is 20.2. The molecule has 0 aliphatic heterocycles. The number of ether oxygens (including phenoxy) is 2. The minimum atomic E-state index is -0.717. The number of hydrogen-bond acceptors (Lipinski definition) is 10. The molecule has 0 fully saturated rings. The summed E-state index contributed by atoms with van der Waals surface area (Å²) in [6.45, 7) is 4.98. The van der Waals surface area contributed by atoms with Gasteiger partial charge in [-0.1, -0.05) is 193 Å². The zero-order valence-corrected chi connectivity index (χ0v) is 53.8. The maximum Gasteiger partial charge on any atom is 0.355 e. The molecule has 10 rings (SSSR count). The SMILES string of the molecule is CC(=O)c1[nH]c(Cl)c(Cl)c1-n1c(C(=O)c2ccccc2O)cc(Cl)c1Cl.CCOC(=O)c1cc(Cl)c(Cl)n1-c1c(C(=O)c2ccccc2O)[nH]c(Cl)c1Cl.COc1ccc(C(=O)c2cc(Cl)c(Cl)n2-c2c(C(=O)c3ccc(C)cc3)[nH]c(Cl)c2Cl)cc1. The Hall–Kier alpha value is -6.74. The zero-order valence-electron chi connectivity index (χ0n) is 44.7. The summed E-state index contributed by atoms with van der Waals surface area (Å²) in [5.41, 5.74) is 2.24. The fourth-order valence-electron chi connectivity index (χ4n) is 8.58. The first kappa shape index (κ1) is 66.2. The first-order valence-corrected chi connectivity index (χ1v) is 29.3. The number of methoxy groups -OCH3 is 1. The van der Waals surface area contributed by atoms with Crippen molar-refractivity contribution in [3.63, 3.8) is 0 Å². The van der Waals surface area contributed by atoms with Gasteiger partial charge in [-0.3, -0.25) is 37.7 Å². The number of aromatic amines is 3. The smallest absolute Gasteiger partial charge is 0.355 e. The van der Waals surface area contributed by atoms with Crippen LogP contribution >= 0.6 is 139 Å². The van der Waals surface area contributed by atoms with Crippen molar-refractivity contribution < 1.29 is 48.5 Å². The number of aryl methyl sites for hydroxylation is 1. The van der Waals surface area contributed by atoms with Crippen LogP contribution in [0.15, 0.2) is 115 Å². The van der Waals surface area contributed by atoms with Gasteiger partial charge in [-0.25, -0.2) is 4.79 Å². The molecule has 0 saturated carbocycles. The molecule has 0 atom stereocenters. The lowest BCUT2D eigenvalue weighted by molar-refractivity contribution is 0.0516. The molecular formula is C59H38Cl12N6O10. The van der Waals surface area contributed by atoms with E-state index in [-0.39, 0.29) is 159 Å². The molecule has 0 spiro atoms. The topological polar surface area (TPSA) is 223 Å². The number of rotatable bonds is 15. The quantitative estimate of drug-likeness (QED) is 0.0482. The van der Waals surface area contributed by atoms with Crippen molar-refractivity contribution in [2.75, 3.05) is 13.7 Å². The molecule has 5 N–H and O–H groups in total. The number of aromatic hydroxyl groups is 2. The Bertz CT molecular complexity index is 4380. The van der Waals surface area contributed by atoms with Crippen molar-refractivity contribution in [2.24, 2.45) is 0 Å². The number of ketones is 5. The summed E-state index contributed by atoms with van der Waals surface area (Å²) < 4.78 is 13.9.